The van der Waals surface area contributed by atoms with Crippen LogP contribution in [0, 0.1) is 0 Å². The number of benzene rings is 2. The van der Waals surface area contributed by atoms with Crippen molar-refractivity contribution >= 4 is 64.6 Å². The van der Waals surface area contributed by atoms with E-state index in [-0.39, 0.29) is 31.2 Å². The van der Waals surface area contributed by atoms with Gasteiger partial charge in [0.15, 0.2) is 0 Å². The summed E-state index contributed by atoms with van der Waals surface area (Å²) in [6.07, 6.45) is 0. The summed E-state index contributed by atoms with van der Waals surface area (Å²) < 4.78 is 12.9. The lowest BCUT2D eigenvalue weighted by atomic mass is 10.2. The Morgan fingerprint density at radius 3 is 1.26 bits per heavy atom. The molecule has 2 aromatic carbocycles. The molecule has 8 heteroatoms. The Labute approximate surface area is 152 Å². The molecule has 120 valence electrons. The zero-order valence-electron chi connectivity index (χ0n) is 11.6. The van der Waals surface area contributed by atoms with Crippen LogP contribution in [0.3, 0.4) is 0 Å². The topological polar surface area (TPSA) is 51.2 Å². The van der Waals surface area contributed by atoms with Gasteiger partial charge in [0, 0.05) is 6.66 Å². The molecular weight excluding hydrogens is 401 g/mol. The molecule has 2 aromatic rings. The molecule has 0 fully saturated rings. The number of hydrogen-bond acceptors (Lipinski definition) is 3. The fraction of sp³-hybridized carbons (Fsp3) is 0.0667. The van der Waals surface area contributed by atoms with E-state index in [0.717, 1.165) is 6.66 Å². The molecule has 0 aliphatic heterocycles. The molecule has 0 radical (unpaired) electrons. The van der Waals surface area contributed by atoms with Gasteiger partial charge in [-0.25, -0.2) is 0 Å². The molecule has 0 N–H and O–H groups in total. The van der Waals surface area contributed by atoms with Gasteiger partial charge in [-0.2, -0.15) is 0 Å². The van der Waals surface area contributed by atoms with Crippen LogP contribution >= 0.6 is 53.5 Å². The summed E-state index contributed by atoms with van der Waals surface area (Å²) in [5.41, 5.74) is -2.18. The highest BCUT2D eigenvalue weighted by atomic mass is 35.5. The van der Waals surface area contributed by atoms with E-state index < -0.39 is 18.2 Å². The molecule has 2 rings (SSSR count). The Morgan fingerprint density at radius 1 is 0.739 bits per heavy atom. The summed E-state index contributed by atoms with van der Waals surface area (Å²) in [4.78, 5) is 25.2. The summed E-state index contributed by atoms with van der Waals surface area (Å²) in [6.45, 7) is 1.05. The average Bonchev–Trinajstić information content (AvgIpc) is 2.46. The fourth-order valence-electron chi connectivity index (χ4n) is 1.92. The van der Waals surface area contributed by atoms with Gasteiger partial charge in [0.1, 0.15) is 0 Å². The lowest BCUT2D eigenvalue weighted by Crippen LogP contribution is -2.11. The summed E-state index contributed by atoms with van der Waals surface area (Å²) in [6, 6.07) is 8.77. The zero-order valence-corrected chi connectivity index (χ0v) is 15.6. The van der Waals surface area contributed by atoms with Crippen molar-refractivity contribution in [3.05, 3.63) is 67.6 Å². The van der Waals surface area contributed by atoms with Crippen LogP contribution in [0.4, 0.5) is 0 Å². The molecule has 0 atom stereocenters. The molecule has 0 aliphatic carbocycles. The van der Waals surface area contributed by atoms with Crippen LogP contribution in [0.5, 0.6) is 0 Å². The molecule has 0 saturated carbocycles. The molecule has 0 heterocycles. The van der Waals surface area contributed by atoms with Gasteiger partial charge < -0.3 is 4.57 Å². The second-order valence-electron chi connectivity index (χ2n) is 4.73. The maximum atomic E-state index is 12.9. The fourth-order valence-corrected chi connectivity index (χ4v) is 4.84. The van der Waals surface area contributed by atoms with Crippen LogP contribution < -0.4 is 0 Å². The maximum Gasteiger partial charge on any atom is 0.231 e. The molecule has 0 saturated heterocycles. The minimum atomic E-state index is -4.04. The molecule has 0 aromatic heterocycles. The van der Waals surface area contributed by atoms with E-state index in [1.165, 1.54) is 36.4 Å². The van der Waals surface area contributed by atoms with E-state index in [1.54, 1.807) is 0 Å². The third kappa shape index (κ3) is 3.50. The minimum absolute atomic E-state index is 0.0163. The van der Waals surface area contributed by atoms with Crippen LogP contribution in [0.25, 0.3) is 0 Å². The van der Waals surface area contributed by atoms with Crippen molar-refractivity contribution < 1.29 is 14.2 Å². The molecule has 0 unspecified atom stereocenters. The van der Waals surface area contributed by atoms with Crippen LogP contribution in [0.15, 0.2) is 36.4 Å². The minimum Gasteiger partial charge on any atom is -0.307 e. The van der Waals surface area contributed by atoms with E-state index >= 15 is 0 Å². The van der Waals surface area contributed by atoms with Crippen molar-refractivity contribution in [1.29, 1.82) is 0 Å². The highest BCUT2D eigenvalue weighted by Gasteiger charge is 2.39. The Hall–Kier alpha value is -0.830. The molecule has 3 nitrogen and oxygen atoms in total. The summed E-state index contributed by atoms with van der Waals surface area (Å²) in [7, 11) is -4.04. The first-order valence-corrected chi connectivity index (χ1v) is 9.90. The van der Waals surface area contributed by atoms with Gasteiger partial charge in [0.2, 0.25) is 18.2 Å². The SMILES string of the molecule is CP(=O)(C(=O)c1c(Cl)cccc1Cl)C(=O)c1c(Cl)cccc1Cl. The van der Waals surface area contributed by atoms with Crippen LogP contribution in [-0.4, -0.2) is 17.7 Å². The lowest BCUT2D eigenvalue weighted by molar-refractivity contribution is 0.103. The van der Waals surface area contributed by atoms with Gasteiger partial charge in [-0.05, 0) is 24.3 Å². The largest absolute Gasteiger partial charge is 0.307 e. The summed E-state index contributed by atoms with van der Waals surface area (Å²) >= 11 is 23.8. The van der Waals surface area contributed by atoms with Gasteiger partial charge >= 0.3 is 0 Å². The first-order valence-electron chi connectivity index (χ1n) is 6.23. The van der Waals surface area contributed by atoms with Crippen LogP contribution in [0.1, 0.15) is 20.7 Å². The van der Waals surface area contributed by atoms with E-state index in [9.17, 15) is 14.2 Å². The molecule has 0 amide bonds. The summed E-state index contributed by atoms with van der Waals surface area (Å²) in [5.74, 6) is 0. The van der Waals surface area contributed by atoms with Crippen molar-refractivity contribution in [2.24, 2.45) is 0 Å². The number of rotatable bonds is 4. The van der Waals surface area contributed by atoms with Crippen molar-refractivity contribution in [3.8, 4) is 0 Å². The van der Waals surface area contributed by atoms with Gasteiger partial charge in [-0.3, -0.25) is 9.59 Å². The first kappa shape index (κ1) is 18.5. The predicted octanol–water partition coefficient (Wildman–Crippen LogP) is 6.27. The van der Waals surface area contributed by atoms with E-state index in [2.05, 4.69) is 0 Å². The van der Waals surface area contributed by atoms with Crippen molar-refractivity contribution in [3.63, 3.8) is 0 Å². The smallest absolute Gasteiger partial charge is 0.231 e. The molecular formula is C15H9Cl4O3P. The highest BCUT2D eigenvalue weighted by Crippen LogP contribution is 2.52. The van der Waals surface area contributed by atoms with Crippen LogP contribution in [-0.2, 0) is 4.57 Å². The highest BCUT2D eigenvalue weighted by molar-refractivity contribution is 7.94. The summed E-state index contributed by atoms with van der Waals surface area (Å²) in [5, 5.41) is 0.0653. The number of carbonyl (C=O) groups is 2. The molecule has 23 heavy (non-hydrogen) atoms. The van der Waals surface area contributed by atoms with Gasteiger partial charge in [-0.1, -0.05) is 58.5 Å². The number of halogens is 4. The first-order chi connectivity index (χ1) is 10.7. The predicted molar refractivity (Wildman–Crippen MR) is 95.1 cm³/mol. The average molecular weight is 410 g/mol. The van der Waals surface area contributed by atoms with Crippen molar-refractivity contribution in [1.82, 2.24) is 0 Å². The van der Waals surface area contributed by atoms with E-state index in [1.807, 2.05) is 0 Å². The Balaban J connectivity index is 2.56. The van der Waals surface area contributed by atoms with Crippen molar-refractivity contribution in [2.45, 2.75) is 0 Å². The quantitative estimate of drug-likeness (QED) is 0.558. The lowest BCUT2D eigenvalue weighted by Gasteiger charge is -2.14. The molecule has 0 spiro atoms. The molecule has 0 aliphatic rings. The third-order valence-electron chi connectivity index (χ3n) is 3.13. The van der Waals surface area contributed by atoms with Gasteiger partial charge in [0.25, 0.3) is 0 Å². The van der Waals surface area contributed by atoms with Crippen LogP contribution in [0.2, 0.25) is 20.1 Å². The van der Waals surface area contributed by atoms with E-state index in [0.29, 0.717) is 0 Å². The van der Waals surface area contributed by atoms with E-state index in [4.69, 9.17) is 46.4 Å². The third-order valence-corrected chi connectivity index (χ3v) is 6.39. The Morgan fingerprint density at radius 2 is 1.00 bits per heavy atom. The zero-order chi connectivity index (χ0) is 17.4. The van der Waals surface area contributed by atoms with Gasteiger partial charge in [-0.15, -0.1) is 0 Å². The van der Waals surface area contributed by atoms with Crippen molar-refractivity contribution in [2.75, 3.05) is 6.66 Å². The monoisotopic (exact) mass is 408 g/mol. The Bertz CT molecular complexity index is 756. The number of carbonyl (C=O) groups excluding carboxylic acids is 2. The second-order valence-corrected chi connectivity index (χ2v) is 9.02. The number of hydrogen-bond donors (Lipinski definition) is 0. The Kier molecular flexibility index (Phi) is 5.60. The molecule has 0 bridgehead atoms. The standard InChI is InChI=1S/C15H9Cl4O3P/c1-23(22,14(20)12-8(16)4-2-5-9(12)17)15(21)13-10(18)6-3-7-11(13)19/h2-7H,1H3. The maximum absolute atomic E-state index is 12.9. The van der Waals surface area contributed by atoms with Gasteiger partial charge in [0.05, 0.1) is 31.2 Å². The second kappa shape index (κ2) is 6.96. The normalized spacial score (nSPS) is 11.3.